The van der Waals surface area contributed by atoms with Gasteiger partial charge in [0.1, 0.15) is 0 Å². The lowest BCUT2D eigenvalue weighted by atomic mass is 9.96. The molecule has 0 spiro atoms. The summed E-state index contributed by atoms with van der Waals surface area (Å²) >= 11 is 0. The van der Waals surface area contributed by atoms with E-state index in [-0.39, 0.29) is 16.8 Å². The van der Waals surface area contributed by atoms with E-state index in [9.17, 15) is 13.2 Å². The van der Waals surface area contributed by atoms with Crippen molar-refractivity contribution in [3.63, 3.8) is 0 Å². The summed E-state index contributed by atoms with van der Waals surface area (Å²) < 4.78 is 29.0. The number of nitrogens with one attached hydrogen (secondary N) is 2. The molecular weight excluding hydrogens is 432 g/mol. The van der Waals surface area contributed by atoms with Gasteiger partial charge in [0.25, 0.3) is 15.9 Å². The molecule has 1 atom stereocenters. The van der Waals surface area contributed by atoms with Crippen LogP contribution in [0.15, 0.2) is 53.4 Å². The van der Waals surface area contributed by atoms with Gasteiger partial charge in [0.2, 0.25) is 0 Å². The number of sulfonamides is 1. The van der Waals surface area contributed by atoms with Gasteiger partial charge in [-0.25, -0.2) is 8.42 Å². The molecule has 0 heterocycles. The van der Waals surface area contributed by atoms with Crippen LogP contribution in [-0.2, 0) is 10.0 Å². The molecule has 5 nitrogen and oxygen atoms in total. The largest absolute Gasteiger partial charge is 0.346 e. The first-order valence-electron chi connectivity index (χ1n) is 11.0. The number of anilines is 1. The third-order valence-electron chi connectivity index (χ3n) is 6.06. The zero-order valence-corrected chi connectivity index (χ0v) is 21.1. The maximum Gasteiger partial charge on any atom is 0.262 e. The van der Waals surface area contributed by atoms with Crippen molar-refractivity contribution >= 4 is 21.6 Å². The van der Waals surface area contributed by atoms with Crippen LogP contribution < -0.4 is 10.0 Å². The number of carbonyl (C=O) groups excluding carboxylic acids is 1. The third kappa shape index (κ3) is 5.45. The third-order valence-corrected chi connectivity index (χ3v) is 7.57. The fourth-order valence-electron chi connectivity index (χ4n) is 3.97. The molecule has 174 valence electrons. The first-order valence-corrected chi connectivity index (χ1v) is 12.5. The summed E-state index contributed by atoms with van der Waals surface area (Å²) in [7, 11) is -3.86. The van der Waals surface area contributed by atoms with E-state index in [1.54, 1.807) is 25.1 Å². The zero-order valence-electron chi connectivity index (χ0n) is 20.3. The van der Waals surface area contributed by atoms with E-state index in [0.717, 1.165) is 27.8 Å². The number of hydrogen-bond donors (Lipinski definition) is 2. The van der Waals surface area contributed by atoms with Crippen molar-refractivity contribution in [1.29, 1.82) is 0 Å². The highest BCUT2D eigenvalue weighted by atomic mass is 32.2. The van der Waals surface area contributed by atoms with Crippen molar-refractivity contribution in [3.05, 3.63) is 93.0 Å². The molecule has 1 amide bonds. The molecule has 3 aromatic rings. The van der Waals surface area contributed by atoms with Crippen molar-refractivity contribution in [3.8, 4) is 0 Å². The van der Waals surface area contributed by atoms with E-state index in [2.05, 4.69) is 29.1 Å². The number of carbonyl (C=O) groups is 1. The molecule has 3 aromatic carbocycles. The van der Waals surface area contributed by atoms with Crippen LogP contribution in [0.5, 0.6) is 0 Å². The molecule has 2 N–H and O–H groups in total. The second-order valence-corrected chi connectivity index (χ2v) is 10.5. The Morgan fingerprint density at radius 3 is 2.09 bits per heavy atom. The van der Waals surface area contributed by atoms with E-state index in [1.165, 1.54) is 11.6 Å². The minimum absolute atomic E-state index is 0.0881. The summed E-state index contributed by atoms with van der Waals surface area (Å²) in [6, 6.07) is 14.3. The molecule has 6 heteroatoms. The van der Waals surface area contributed by atoms with Gasteiger partial charge in [0.15, 0.2) is 0 Å². The van der Waals surface area contributed by atoms with Gasteiger partial charge in [-0.05, 0) is 100 Å². The molecule has 1 unspecified atom stereocenters. The van der Waals surface area contributed by atoms with E-state index in [1.807, 2.05) is 46.8 Å². The number of aryl methyl sites for hydroxylation is 6. The van der Waals surface area contributed by atoms with Crippen LogP contribution in [0, 0.1) is 41.5 Å². The van der Waals surface area contributed by atoms with Gasteiger partial charge < -0.3 is 5.32 Å². The smallest absolute Gasteiger partial charge is 0.262 e. The van der Waals surface area contributed by atoms with E-state index in [4.69, 9.17) is 0 Å². The van der Waals surface area contributed by atoms with Crippen LogP contribution in [-0.4, -0.2) is 14.3 Å². The second-order valence-electron chi connectivity index (χ2n) is 8.89. The molecule has 0 fully saturated rings. The Kier molecular flexibility index (Phi) is 6.98. The Bertz CT molecular complexity index is 1330. The van der Waals surface area contributed by atoms with E-state index in [0.29, 0.717) is 16.8 Å². The summed E-state index contributed by atoms with van der Waals surface area (Å²) in [6.45, 7) is 13.6. The van der Waals surface area contributed by atoms with Crippen LogP contribution >= 0.6 is 0 Å². The zero-order chi connectivity index (χ0) is 24.5. The van der Waals surface area contributed by atoms with Crippen molar-refractivity contribution < 1.29 is 13.2 Å². The van der Waals surface area contributed by atoms with Crippen molar-refractivity contribution in [2.75, 3.05) is 4.72 Å². The topological polar surface area (TPSA) is 75.3 Å². The average Bonchev–Trinajstić information content (AvgIpc) is 2.72. The maximum absolute atomic E-state index is 13.1. The summed E-state index contributed by atoms with van der Waals surface area (Å²) in [4.78, 5) is 13.1. The lowest BCUT2D eigenvalue weighted by molar-refractivity contribution is 0.0939. The maximum atomic E-state index is 13.1. The first-order chi connectivity index (χ1) is 15.4. The molecule has 33 heavy (non-hydrogen) atoms. The predicted octanol–water partition coefficient (Wildman–Crippen LogP) is 5.83. The quantitative estimate of drug-likeness (QED) is 0.482. The molecule has 0 aromatic heterocycles. The monoisotopic (exact) mass is 464 g/mol. The standard InChI is InChI=1S/C27H32N2O3S/c1-16-8-11-25(21(6)12-16)29-33(31,32)26-15-23(10-9-17(26)2)27(30)28-22(7)24-14-19(4)18(3)13-20(24)5/h8-15,22,29H,1-7H3,(H,28,30). The lowest BCUT2D eigenvalue weighted by Gasteiger charge is -2.19. The van der Waals surface area contributed by atoms with Crippen molar-refractivity contribution in [1.82, 2.24) is 5.32 Å². The van der Waals surface area contributed by atoms with E-state index < -0.39 is 10.0 Å². The SMILES string of the molecule is Cc1ccc(NS(=O)(=O)c2cc(C(=O)NC(C)c3cc(C)c(C)cc3C)ccc2C)c(C)c1. The van der Waals surface area contributed by atoms with Crippen LogP contribution in [0.3, 0.4) is 0 Å². The highest BCUT2D eigenvalue weighted by Gasteiger charge is 2.21. The normalized spacial score (nSPS) is 12.3. The molecule has 3 rings (SSSR count). The van der Waals surface area contributed by atoms with Gasteiger partial charge >= 0.3 is 0 Å². The van der Waals surface area contributed by atoms with Gasteiger partial charge in [0, 0.05) is 5.56 Å². The van der Waals surface area contributed by atoms with Gasteiger partial charge in [0.05, 0.1) is 16.6 Å². The Labute approximate surface area is 197 Å². The Balaban J connectivity index is 1.87. The number of rotatable bonds is 6. The number of amides is 1. The second kappa shape index (κ2) is 9.40. The first kappa shape index (κ1) is 24.5. The summed E-state index contributed by atoms with van der Waals surface area (Å²) in [5, 5.41) is 3.01. The average molecular weight is 465 g/mol. The minimum Gasteiger partial charge on any atom is -0.346 e. The summed E-state index contributed by atoms with van der Waals surface area (Å²) in [5.41, 5.74) is 7.81. The highest BCUT2D eigenvalue weighted by Crippen LogP contribution is 2.25. The van der Waals surface area contributed by atoms with Gasteiger partial charge in [-0.3, -0.25) is 9.52 Å². The van der Waals surface area contributed by atoms with Gasteiger partial charge in [-0.1, -0.05) is 35.9 Å². The molecule has 0 bridgehead atoms. The van der Waals surface area contributed by atoms with Crippen LogP contribution in [0.1, 0.15) is 62.3 Å². The van der Waals surface area contributed by atoms with Crippen LogP contribution in [0.4, 0.5) is 5.69 Å². The van der Waals surface area contributed by atoms with Crippen LogP contribution in [0.2, 0.25) is 0 Å². The van der Waals surface area contributed by atoms with Gasteiger partial charge in [-0.2, -0.15) is 0 Å². The Hall–Kier alpha value is -3.12. The molecule has 0 saturated heterocycles. The number of benzene rings is 3. The minimum atomic E-state index is -3.86. The molecule has 0 radical (unpaired) electrons. The molecule has 0 aliphatic rings. The fourth-order valence-corrected chi connectivity index (χ4v) is 5.37. The van der Waals surface area contributed by atoms with Gasteiger partial charge in [-0.15, -0.1) is 0 Å². The van der Waals surface area contributed by atoms with E-state index >= 15 is 0 Å². The van der Waals surface area contributed by atoms with Crippen LogP contribution in [0.25, 0.3) is 0 Å². The fraction of sp³-hybridized carbons (Fsp3) is 0.296. The highest BCUT2D eigenvalue weighted by molar-refractivity contribution is 7.92. The molecule has 0 aliphatic heterocycles. The Morgan fingerprint density at radius 1 is 0.758 bits per heavy atom. The predicted molar refractivity (Wildman–Crippen MR) is 134 cm³/mol. The summed E-state index contributed by atoms with van der Waals surface area (Å²) in [6.07, 6.45) is 0. The van der Waals surface area contributed by atoms with Crippen molar-refractivity contribution in [2.45, 2.75) is 59.4 Å². The molecular formula is C27H32N2O3S. The molecule has 0 saturated carbocycles. The van der Waals surface area contributed by atoms with Crippen molar-refractivity contribution in [2.24, 2.45) is 0 Å². The molecule has 0 aliphatic carbocycles. The number of hydrogen-bond acceptors (Lipinski definition) is 3. The Morgan fingerprint density at radius 2 is 1.42 bits per heavy atom. The summed E-state index contributed by atoms with van der Waals surface area (Å²) in [5.74, 6) is -0.317. The lowest BCUT2D eigenvalue weighted by Crippen LogP contribution is -2.27.